The Kier molecular flexibility index (Phi) is 10.8. The van der Waals surface area contributed by atoms with Gasteiger partial charge in [-0.2, -0.15) is 0 Å². The van der Waals surface area contributed by atoms with Crippen LogP contribution in [0.5, 0.6) is 0 Å². The molecule has 0 saturated carbocycles. The molecule has 0 aliphatic rings. The third-order valence-corrected chi connectivity index (χ3v) is 1.05. The molecule has 0 bridgehead atoms. The first-order chi connectivity index (χ1) is 5.22. The third kappa shape index (κ3) is 7.13. The van der Waals surface area contributed by atoms with Crippen molar-refractivity contribution >= 4 is 0 Å². The van der Waals surface area contributed by atoms with Crippen LogP contribution in [-0.4, -0.2) is 5.21 Å². The molecule has 0 amide bonds. The molecule has 0 unspecified atom stereocenters. The van der Waals surface area contributed by atoms with Gasteiger partial charge in [0, 0.05) is 5.70 Å². The molecule has 0 aromatic heterocycles. The van der Waals surface area contributed by atoms with Crippen molar-refractivity contribution in [1.82, 2.24) is 5.48 Å². The molecule has 11 heavy (non-hydrogen) atoms. The Hall–Kier alpha value is -0.760. The van der Waals surface area contributed by atoms with Gasteiger partial charge in [-0.3, -0.25) is 10.7 Å². The van der Waals surface area contributed by atoms with E-state index < -0.39 is 0 Å². The molecule has 0 atom stereocenters. The molecule has 0 spiro atoms. The Balaban J connectivity index is 0. The van der Waals surface area contributed by atoms with Crippen LogP contribution >= 0.6 is 0 Å². The van der Waals surface area contributed by atoms with E-state index >= 15 is 0 Å². The zero-order valence-corrected chi connectivity index (χ0v) is 7.89. The summed E-state index contributed by atoms with van der Waals surface area (Å²) in [6.45, 7) is 11.5. The fraction of sp³-hybridized carbons (Fsp3) is 0.556. The Morgan fingerprint density at radius 2 is 1.91 bits per heavy atom. The van der Waals surface area contributed by atoms with E-state index in [1.807, 2.05) is 27.7 Å². The van der Waals surface area contributed by atoms with E-state index in [9.17, 15) is 0 Å². The van der Waals surface area contributed by atoms with Crippen molar-refractivity contribution in [2.45, 2.75) is 27.7 Å². The highest BCUT2D eigenvalue weighted by Crippen LogP contribution is 2.03. The smallest absolute Gasteiger partial charge is 0.0401 e. The van der Waals surface area contributed by atoms with Crippen LogP contribution < -0.4 is 5.48 Å². The van der Waals surface area contributed by atoms with Gasteiger partial charge in [0.2, 0.25) is 0 Å². The van der Waals surface area contributed by atoms with E-state index in [2.05, 4.69) is 12.1 Å². The summed E-state index contributed by atoms with van der Waals surface area (Å²) in [5.74, 6) is 0.313. The highest BCUT2D eigenvalue weighted by atomic mass is 16.5. The number of hydrogen-bond donors (Lipinski definition) is 2. The van der Waals surface area contributed by atoms with E-state index in [0.717, 1.165) is 5.70 Å². The topological polar surface area (TPSA) is 32.3 Å². The van der Waals surface area contributed by atoms with E-state index in [0.29, 0.717) is 5.92 Å². The van der Waals surface area contributed by atoms with Gasteiger partial charge in [0.25, 0.3) is 0 Å². The molecule has 0 heterocycles. The van der Waals surface area contributed by atoms with Gasteiger partial charge < -0.3 is 0 Å². The monoisotopic (exact) mass is 157 g/mol. The SMILES string of the molecule is C=C/C=C(/NO)C(C)C.CC. The van der Waals surface area contributed by atoms with Gasteiger partial charge in [-0.15, -0.1) is 0 Å². The largest absolute Gasteiger partial charge is 0.291 e. The van der Waals surface area contributed by atoms with Crippen LogP contribution in [0.1, 0.15) is 27.7 Å². The molecule has 0 aliphatic carbocycles. The number of rotatable bonds is 3. The molecule has 2 heteroatoms. The van der Waals surface area contributed by atoms with Gasteiger partial charge in [0.05, 0.1) is 0 Å². The van der Waals surface area contributed by atoms with Gasteiger partial charge in [-0.1, -0.05) is 40.3 Å². The second-order valence-electron chi connectivity index (χ2n) is 2.12. The summed E-state index contributed by atoms with van der Waals surface area (Å²) in [5, 5.41) is 8.46. The van der Waals surface area contributed by atoms with Crippen molar-refractivity contribution < 1.29 is 5.21 Å². The summed E-state index contributed by atoms with van der Waals surface area (Å²) in [6, 6.07) is 0. The average molecular weight is 157 g/mol. The zero-order chi connectivity index (χ0) is 9.28. The Labute approximate surface area is 69.6 Å². The minimum atomic E-state index is 0.313. The summed E-state index contributed by atoms with van der Waals surface area (Å²) in [5.41, 5.74) is 2.87. The maximum Gasteiger partial charge on any atom is 0.0401 e. The quantitative estimate of drug-likeness (QED) is 0.487. The first kappa shape index (κ1) is 12.9. The summed E-state index contributed by atoms with van der Waals surface area (Å²) in [6.07, 6.45) is 3.38. The second-order valence-corrected chi connectivity index (χ2v) is 2.12. The molecule has 0 fully saturated rings. The van der Waals surface area contributed by atoms with Crippen LogP contribution in [-0.2, 0) is 0 Å². The highest BCUT2D eigenvalue weighted by molar-refractivity contribution is 5.08. The summed E-state index contributed by atoms with van der Waals surface area (Å²) in [7, 11) is 0. The molecule has 2 nitrogen and oxygen atoms in total. The van der Waals surface area contributed by atoms with Crippen LogP contribution in [0.25, 0.3) is 0 Å². The van der Waals surface area contributed by atoms with Crippen molar-refractivity contribution in [3.05, 3.63) is 24.4 Å². The van der Waals surface area contributed by atoms with Crippen LogP contribution in [0, 0.1) is 5.92 Å². The molecular weight excluding hydrogens is 138 g/mol. The van der Waals surface area contributed by atoms with Crippen LogP contribution in [0.3, 0.4) is 0 Å². The van der Waals surface area contributed by atoms with Gasteiger partial charge in [-0.05, 0) is 12.0 Å². The second kappa shape index (κ2) is 9.24. The molecular formula is C9H19NO. The molecule has 0 rings (SSSR count). The Bertz CT molecular complexity index is 117. The van der Waals surface area contributed by atoms with Crippen molar-refractivity contribution in [1.29, 1.82) is 0 Å². The number of hydrogen-bond acceptors (Lipinski definition) is 2. The van der Waals surface area contributed by atoms with Crippen LogP contribution in [0.2, 0.25) is 0 Å². The first-order valence-corrected chi connectivity index (χ1v) is 3.95. The molecule has 0 radical (unpaired) electrons. The van der Waals surface area contributed by atoms with Gasteiger partial charge in [0.15, 0.2) is 0 Å². The number of hydroxylamine groups is 1. The number of allylic oxidation sites excluding steroid dienone is 3. The minimum Gasteiger partial charge on any atom is -0.291 e. The van der Waals surface area contributed by atoms with E-state index in [1.165, 1.54) is 0 Å². The fourth-order valence-corrected chi connectivity index (χ4v) is 0.486. The van der Waals surface area contributed by atoms with Crippen LogP contribution in [0.15, 0.2) is 24.4 Å². The van der Waals surface area contributed by atoms with Crippen LogP contribution in [0.4, 0.5) is 0 Å². The maximum absolute atomic E-state index is 8.46. The van der Waals surface area contributed by atoms with Gasteiger partial charge >= 0.3 is 0 Å². The predicted octanol–water partition coefficient (Wildman–Crippen LogP) is 2.72. The standard InChI is InChI=1S/C7H13NO.C2H6/c1-4-5-7(8-9)6(2)3;1-2/h4-6,8-9H,1H2,2-3H3;1-2H3/b7-5+;. The lowest BCUT2D eigenvalue weighted by Gasteiger charge is -2.06. The molecule has 2 N–H and O–H groups in total. The van der Waals surface area contributed by atoms with Gasteiger partial charge in [0.1, 0.15) is 0 Å². The predicted molar refractivity (Wildman–Crippen MR) is 49.4 cm³/mol. The van der Waals surface area contributed by atoms with E-state index in [4.69, 9.17) is 5.21 Å². The molecule has 0 aliphatic heterocycles. The van der Waals surface area contributed by atoms with E-state index in [1.54, 1.807) is 12.2 Å². The van der Waals surface area contributed by atoms with E-state index in [-0.39, 0.29) is 0 Å². The number of nitrogens with one attached hydrogen (secondary N) is 1. The normalized spacial score (nSPS) is 10.2. The highest BCUT2D eigenvalue weighted by Gasteiger charge is 1.97. The molecule has 0 saturated heterocycles. The lowest BCUT2D eigenvalue weighted by molar-refractivity contribution is 0.189. The third-order valence-electron chi connectivity index (χ3n) is 1.05. The van der Waals surface area contributed by atoms with Crippen molar-refractivity contribution in [3.63, 3.8) is 0 Å². The average Bonchev–Trinajstić information content (AvgIpc) is 2.03. The van der Waals surface area contributed by atoms with Crippen molar-refractivity contribution in [3.8, 4) is 0 Å². The Morgan fingerprint density at radius 1 is 1.45 bits per heavy atom. The minimum absolute atomic E-state index is 0.313. The molecule has 0 aromatic carbocycles. The molecule has 0 aromatic rings. The summed E-state index contributed by atoms with van der Waals surface area (Å²) in [4.78, 5) is 0. The maximum atomic E-state index is 8.46. The summed E-state index contributed by atoms with van der Waals surface area (Å²) < 4.78 is 0. The lowest BCUT2D eigenvalue weighted by atomic mass is 10.1. The van der Waals surface area contributed by atoms with Gasteiger partial charge in [-0.25, -0.2) is 0 Å². The lowest BCUT2D eigenvalue weighted by Crippen LogP contribution is -2.11. The first-order valence-electron chi connectivity index (χ1n) is 3.95. The molecule has 66 valence electrons. The van der Waals surface area contributed by atoms with Crippen molar-refractivity contribution in [2.75, 3.05) is 0 Å². The Morgan fingerprint density at radius 3 is 2.00 bits per heavy atom. The zero-order valence-electron chi connectivity index (χ0n) is 7.89. The fourth-order valence-electron chi connectivity index (χ4n) is 0.486. The van der Waals surface area contributed by atoms with Crippen molar-refractivity contribution in [2.24, 2.45) is 5.92 Å². The summed E-state index contributed by atoms with van der Waals surface area (Å²) >= 11 is 0.